The van der Waals surface area contributed by atoms with Crippen LogP contribution in [0.2, 0.25) is 5.02 Å². The van der Waals surface area contributed by atoms with Crippen LogP contribution in [0.15, 0.2) is 30.4 Å². The fourth-order valence-corrected chi connectivity index (χ4v) is 1.50. The highest BCUT2D eigenvalue weighted by molar-refractivity contribution is 6.30. The first-order valence-corrected chi connectivity index (χ1v) is 6.15. The number of carboxylic acids is 1. The average Bonchev–Trinajstić information content (AvgIpc) is 2.41. The second kappa shape index (κ2) is 7.91. The van der Waals surface area contributed by atoms with Gasteiger partial charge in [0.1, 0.15) is 5.75 Å². The molecular formula is C13H13ClN2O5. The van der Waals surface area contributed by atoms with Crippen LogP contribution in [0.4, 0.5) is 0 Å². The van der Waals surface area contributed by atoms with Crippen molar-refractivity contribution < 1.29 is 24.2 Å². The largest absolute Gasteiger partial charge is 0.483 e. The standard InChI is InChI=1S/C13H13ClN2O5/c1-8-6-9(14)2-3-10(8)21-7-12(18)16-15-11(17)4-5-13(19)20/h2-6H,7H2,1H3,(H,15,17)(H,16,18)(H,19,20). The van der Waals surface area contributed by atoms with E-state index in [0.29, 0.717) is 16.8 Å². The predicted octanol–water partition coefficient (Wildman–Crippen LogP) is 0.815. The molecule has 21 heavy (non-hydrogen) atoms. The number of carbonyl (C=O) groups excluding carboxylic acids is 2. The maximum atomic E-state index is 11.4. The lowest BCUT2D eigenvalue weighted by Crippen LogP contribution is -2.43. The van der Waals surface area contributed by atoms with Gasteiger partial charge in [0.2, 0.25) is 0 Å². The molecule has 2 amide bonds. The minimum Gasteiger partial charge on any atom is -0.483 e. The van der Waals surface area contributed by atoms with Crippen molar-refractivity contribution in [2.45, 2.75) is 6.92 Å². The Hall–Kier alpha value is -2.54. The number of carbonyl (C=O) groups is 3. The molecule has 0 saturated heterocycles. The highest BCUT2D eigenvalue weighted by Gasteiger charge is 2.06. The van der Waals surface area contributed by atoms with Crippen molar-refractivity contribution in [3.63, 3.8) is 0 Å². The first-order chi connectivity index (χ1) is 9.88. The Labute approximate surface area is 125 Å². The van der Waals surface area contributed by atoms with Crippen LogP contribution in [0.3, 0.4) is 0 Å². The molecule has 0 aliphatic heterocycles. The van der Waals surface area contributed by atoms with Crippen LogP contribution in [-0.4, -0.2) is 29.5 Å². The summed E-state index contributed by atoms with van der Waals surface area (Å²) in [7, 11) is 0. The lowest BCUT2D eigenvalue weighted by atomic mass is 10.2. The van der Waals surface area contributed by atoms with Gasteiger partial charge in [0.05, 0.1) is 0 Å². The molecule has 0 aliphatic rings. The van der Waals surface area contributed by atoms with Crippen LogP contribution in [0.5, 0.6) is 5.75 Å². The number of rotatable bonds is 5. The molecule has 8 heteroatoms. The Morgan fingerprint density at radius 3 is 2.62 bits per heavy atom. The van der Waals surface area contributed by atoms with Crippen molar-refractivity contribution in [2.24, 2.45) is 0 Å². The van der Waals surface area contributed by atoms with E-state index in [9.17, 15) is 14.4 Å². The molecule has 1 aromatic rings. The van der Waals surface area contributed by atoms with Gasteiger partial charge >= 0.3 is 5.97 Å². The summed E-state index contributed by atoms with van der Waals surface area (Å²) in [4.78, 5) is 32.7. The molecule has 0 fully saturated rings. The van der Waals surface area contributed by atoms with Gasteiger partial charge in [-0.25, -0.2) is 4.79 Å². The molecule has 0 unspecified atom stereocenters. The average molecular weight is 313 g/mol. The minimum absolute atomic E-state index is 0.314. The number of amides is 2. The first kappa shape index (κ1) is 16.5. The monoisotopic (exact) mass is 312 g/mol. The van der Waals surface area contributed by atoms with E-state index >= 15 is 0 Å². The third kappa shape index (κ3) is 6.44. The van der Waals surface area contributed by atoms with Crippen LogP contribution >= 0.6 is 11.6 Å². The second-order valence-corrected chi connectivity index (χ2v) is 4.34. The summed E-state index contributed by atoms with van der Waals surface area (Å²) in [6, 6.07) is 4.94. The van der Waals surface area contributed by atoms with Gasteiger partial charge in [-0.3, -0.25) is 20.4 Å². The minimum atomic E-state index is -1.27. The van der Waals surface area contributed by atoms with Crippen molar-refractivity contribution in [1.29, 1.82) is 0 Å². The molecule has 0 aliphatic carbocycles. The van der Waals surface area contributed by atoms with Crippen molar-refractivity contribution in [1.82, 2.24) is 10.9 Å². The van der Waals surface area contributed by atoms with Crippen molar-refractivity contribution >= 4 is 29.4 Å². The molecule has 112 valence electrons. The fourth-order valence-electron chi connectivity index (χ4n) is 1.27. The van der Waals surface area contributed by atoms with E-state index in [4.69, 9.17) is 21.4 Å². The third-order valence-corrected chi connectivity index (χ3v) is 2.43. The summed E-state index contributed by atoms with van der Waals surface area (Å²) >= 11 is 5.79. The topological polar surface area (TPSA) is 105 Å². The summed E-state index contributed by atoms with van der Waals surface area (Å²) in [6.45, 7) is 1.46. The zero-order valence-corrected chi connectivity index (χ0v) is 11.8. The number of hydrazine groups is 1. The van der Waals surface area contributed by atoms with Crippen LogP contribution in [0.1, 0.15) is 5.56 Å². The van der Waals surface area contributed by atoms with Crippen LogP contribution in [0.25, 0.3) is 0 Å². The van der Waals surface area contributed by atoms with Gasteiger partial charge in [-0.1, -0.05) is 11.6 Å². The Morgan fingerprint density at radius 2 is 2.00 bits per heavy atom. The van der Waals surface area contributed by atoms with E-state index in [-0.39, 0.29) is 6.61 Å². The van der Waals surface area contributed by atoms with Crippen LogP contribution < -0.4 is 15.6 Å². The molecule has 0 aromatic heterocycles. The summed E-state index contributed by atoms with van der Waals surface area (Å²) in [5.74, 6) is -2.14. The summed E-state index contributed by atoms with van der Waals surface area (Å²) in [5, 5.41) is 8.87. The first-order valence-electron chi connectivity index (χ1n) is 5.77. The Kier molecular flexibility index (Phi) is 6.22. The van der Waals surface area contributed by atoms with Gasteiger partial charge in [0, 0.05) is 17.2 Å². The number of aryl methyl sites for hydroxylation is 1. The maximum Gasteiger partial charge on any atom is 0.328 e. The number of hydrogen-bond donors (Lipinski definition) is 3. The molecule has 0 heterocycles. The van der Waals surface area contributed by atoms with Crippen molar-refractivity contribution in [3.05, 3.63) is 40.9 Å². The van der Waals surface area contributed by atoms with Gasteiger partial charge < -0.3 is 9.84 Å². The quantitative estimate of drug-likeness (QED) is 0.551. The van der Waals surface area contributed by atoms with Crippen molar-refractivity contribution in [3.8, 4) is 5.75 Å². The van der Waals surface area contributed by atoms with E-state index in [2.05, 4.69) is 5.43 Å². The van der Waals surface area contributed by atoms with E-state index in [1.165, 1.54) is 0 Å². The molecule has 0 atom stereocenters. The molecule has 7 nitrogen and oxygen atoms in total. The normalized spacial score (nSPS) is 10.2. The predicted molar refractivity (Wildman–Crippen MR) is 74.7 cm³/mol. The van der Waals surface area contributed by atoms with Gasteiger partial charge in [0.25, 0.3) is 11.8 Å². The summed E-state index contributed by atoms with van der Waals surface area (Å²) in [5.41, 5.74) is 4.85. The molecule has 3 N–H and O–H groups in total. The molecule has 1 rings (SSSR count). The number of carboxylic acid groups (broad SMARTS) is 1. The highest BCUT2D eigenvalue weighted by Crippen LogP contribution is 2.21. The summed E-state index contributed by atoms with van der Waals surface area (Å²) < 4.78 is 5.25. The van der Waals surface area contributed by atoms with Gasteiger partial charge in [-0.15, -0.1) is 0 Å². The maximum absolute atomic E-state index is 11.4. The number of ether oxygens (including phenoxy) is 1. The van der Waals surface area contributed by atoms with Gasteiger partial charge in [-0.2, -0.15) is 0 Å². The van der Waals surface area contributed by atoms with Gasteiger partial charge in [0.15, 0.2) is 6.61 Å². The number of aliphatic carboxylic acids is 1. The van der Waals surface area contributed by atoms with Crippen LogP contribution in [0, 0.1) is 6.92 Å². The molecule has 1 aromatic carbocycles. The fraction of sp³-hybridized carbons (Fsp3) is 0.154. The zero-order chi connectivity index (χ0) is 15.8. The highest BCUT2D eigenvalue weighted by atomic mass is 35.5. The lowest BCUT2D eigenvalue weighted by molar-refractivity contribution is -0.131. The van der Waals surface area contributed by atoms with Crippen molar-refractivity contribution in [2.75, 3.05) is 6.61 Å². The summed E-state index contributed by atoms with van der Waals surface area (Å²) in [6.07, 6.45) is 1.42. The number of halogens is 1. The smallest absolute Gasteiger partial charge is 0.328 e. The van der Waals surface area contributed by atoms with E-state index in [1.54, 1.807) is 25.1 Å². The van der Waals surface area contributed by atoms with E-state index < -0.39 is 17.8 Å². The number of nitrogens with one attached hydrogen (secondary N) is 2. The van der Waals surface area contributed by atoms with Crippen LogP contribution in [-0.2, 0) is 14.4 Å². The Bertz CT molecular complexity index is 586. The Balaban J connectivity index is 2.37. The molecule has 0 bridgehead atoms. The molecule has 0 radical (unpaired) electrons. The van der Waals surface area contributed by atoms with E-state index in [0.717, 1.165) is 11.6 Å². The zero-order valence-electron chi connectivity index (χ0n) is 11.1. The lowest BCUT2D eigenvalue weighted by Gasteiger charge is -2.09. The molecular weight excluding hydrogens is 300 g/mol. The SMILES string of the molecule is Cc1cc(Cl)ccc1OCC(=O)NNC(=O)C=CC(=O)O. The number of benzene rings is 1. The second-order valence-electron chi connectivity index (χ2n) is 3.91. The van der Waals surface area contributed by atoms with Gasteiger partial charge in [-0.05, 0) is 30.7 Å². The number of hydrogen-bond acceptors (Lipinski definition) is 4. The van der Waals surface area contributed by atoms with E-state index in [1.807, 2.05) is 5.43 Å². The molecule has 0 saturated carbocycles. The third-order valence-electron chi connectivity index (χ3n) is 2.20. The Morgan fingerprint density at radius 1 is 1.29 bits per heavy atom. The molecule has 0 spiro atoms.